The van der Waals surface area contributed by atoms with E-state index in [1.54, 1.807) is 24.3 Å². The number of anilines is 1. The first-order valence-electron chi connectivity index (χ1n) is 4.55. The van der Waals surface area contributed by atoms with E-state index in [-0.39, 0.29) is 12.7 Å². The zero-order valence-electron chi connectivity index (χ0n) is 7.90. The van der Waals surface area contributed by atoms with Crippen molar-refractivity contribution in [2.75, 3.05) is 18.5 Å². The first kappa shape index (κ1) is 10.3. The summed E-state index contributed by atoms with van der Waals surface area (Å²) in [6.45, 7) is 0.954. The largest absolute Gasteiger partial charge is 0.446 e. The van der Waals surface area contributed by atoms with Gasteiger partial charge in [-0.2, -0.15) is 0 Å². The molecule has 0 bridgehead atoms. The highest BCUT2D eigenvalue weighted by Gasteiger charge is 2.24. The molecule has 1 aromatic rings. The van der Waals surface area contributed by atoms with E-state index in [0.717, 1.165) is 0 Å². The average Bonchev–Trinajstić information content (AvgIpc) is 3.02. The molecule has 1 amide bonds. The number of carbonyl (C=O) groups is 1. The molecule has 0 aliphatic carbocycles. The zero-order chi connectivity index (χ0) is 10.7. The van der Waals surface area contributed by atoms with Crippen molar-refractivity contribution < 1.29 is 14.3 Å². The molecule has 4 nitrogen and oxygen atoms in total. The van der Waals surface area contributed by atoms with Crippen molar-refractivity contribution >= 4 is 23.4 Å². The molecule has 1 unspecified atom stereocenters. The second kappa shape index (κ2) is 4.51. The van der Waals surface area contributed by atoms with Gasteiger partial charge in [-0.25, -0.2) is 4.79 Å². The number of carbonyl (C=O) groups excluding carboxylic acids is 1. The molecule has 0 spiro atoms. The fourth-order valence-corrected chi connectivity index (χ4v) is 1.22. The Labute approximate surface area is 92.1 Å². The van der Waals surface area contributed by atoms with E-state index < -0.39 is 6.09 Å². The van der Waals surface area contributed by atoms with Crippen LogP contribution in [0.1, 0.15) is 0 Å². The maximum absolute atomic E-state index is 11.2. The summed E-state index contributed by atoms with van der Waals surface area (Å²) in [4.78, 5) is 11.2. The summed E-state index contributed by atoms with van der Waals surface area (Å²) in [6.07, 6.45) is -0.444. The molecule has 0 radical (unpaired) electrons. The van der Waals surface area contributed by atoms with Gasteiger partial charge in [0.2, 0.25) is 0 Å². The summed E-state index contributed by atoms with van der Waals surface area (Å²) >= 11 is 5.85. The van der Waals surface area contributed by atoms with Gasteiger partial charge in [-0.3, -0.25) is 5.32 Å². The molecule has 5 heteroatoms. The summed E-state index contributed by atoms with van der Waals surface area (Å²) < 4.78 is 9.79. The summed E-state index contributed by atoms with van der Waals surface area (Å²) in [6, 6.07) is 6.97. The van der Waals surface area contributed by atoms with Gasteiger partial charge >= 0.3 is 6.09 Å². The minimum Gasteiger partial charge on any atom is -0.446 e. The molecule has 1 saturated heterocycles. The molecule has 1 aromatic carbocycles. The minimum absolute atomic E-state index is 0.0713. The molecule has 15 heavy (non-hydrogen) atoms. The van der Waals surface area contributed by atoms with Crippen molar-refractivity contribution in [1.82, 2.24) is 0 Å². The van der Waals surface area contributed by atoms with Gasteiger partial charge in [0.05, 0.1) is 17.3 Å². The predicted molar refractivity (Wildman–Crippen MR) is 56.2 cm³/mol. The van der Waals surface area contributed by atoms with E-state index in [1.807, 2.05) is 0 Å². The second-order valence-electron chi connectivity index (χ2n) is 3.16. The van der Waals surface area contributed by atoms with Crippen molar-refractivity contribution in [3.8, 4) is 0 Å². The number of epoxide rings is 1. The predicted octanol–water partition coefficient (Wildman–Crippen LogP) is 2.29. The third-order valence-electron chi connectivity index (χ3n) is 1.91. The van der Waals surface area contributed by atoms with E-state index in [0.29, 0.717) is 17.3 Å². The highest BCUT2D eigenvalue weighted by molar-refractivity contribution is 6.33. The Morgan fingerprint density at radius 1 is 1.60 bits per heavy atom. The number of para-hydroxylation sites is 1. The molecule has 1 fully saturated rings. The molecule has 80 valence electrons. The Kier molecular flexibility index (Phi) is 3.08. The van der Waals surface area contributed by atoms with Crippen LogP contribution in [0.5, 0.6) is 0 Å². The Morgan fingerprint density at radius 3 is 3.00 bits per heavy atom. The van der Waals surface area contributed by atoms with Crippen LogP contribution in [-0.2, 0) is 9.47 Å². The lowest BCUT2D eigenvalue weighted by atomic mass is 10.3. The third-order valence-corrected chi connectivity index (χ3v) is 2.24. The molecule has 0 saturated carbocycles. The lowest BCUT2D eigenvalue weighted by Crippen LogP contribution is -2.16. The Balaban J connectivity index is 1.84. The SMILES string of the molecule is O=C(Nc1ccccc1Cl)OCC1CO1. The molecule has 1 aliphatic heterocycles. The fourth-order valence-electron chi connectivity index (χ4n) is 1.04. The molecule has 0 aromatic heterocycles. The highest BCUT2D eigenvalue weighted by atomic mass is 35.5. The van der Waals surface area contributed by atoms with Gasteiger partial charge in [-0.1, -0.05) is 23.7 Å². The summed E-state index contributed by atoms with van der Waals surface area (Å²) in [5.41, 5.74) is 0.542. The molecule has 1 heterocycles. The molecule has 1 atom stereocenters. The molecule has 1 N–H and O–H groups in total. The van der Waals surface area contributed by atoms with E-state index in [9.17, 15) is 4.79 Å². The quantitative estimate of drug-likeness (QED) is 0.806. The van der Waals surface area contributed by atoms with Crippen LogP contribution in [0.25, 0.3) is 0 Å². The third kappa shape index (κ3) is 3.11. The van der Waals surface area contributed by atoms with Gasteiger partial charge in [-0.05, 0) is 12.1 Å². The smallest absolute Gasteiger partial charge is 0.411 e. The van der Waals surface area contributed by atoms with E-state index in [1.165, 1.54) is 0 Å². The van der Waals surface area contributed by atoms with Crippen molar-refractivity contribution in [1.29, 1.82) is 0 Å². The van der Waals surface area contributed by atoms with Gasteiger partial charge in [-0.15, -0.1) is 0 Å². The summed E-state index contributed by atoms with van der Waals surface area (Å²) in [5.74, 6) is 0. The van der Waals surface area contributed by atoms with Gasteiger partial charge in [0.1, 0.15) is 12.7 Å². The average molecular weight is 228 g/mol. The van der Waals surface area contributed by atoms with Crippen molar-refractivity contribution in [3.05, 3.63) is 29.3 Å². The van der Waals surface area contributed by atoms with Crippen LogP contribution in [0, 0.1) is 0 Å². The van der Waals surface area contributed by atoms with Crippen LogP contribution in [-0.4, -0.2) is 25.4 Å². The van der Waals surface area contributed by atoms with Crippen LogP contribution in [0.4, 0.5) is 10.5 Å². The van der Waals surface area contributed by atoms with Crippen molar-refractivity contribution in [2.24, 2.45) is 0 Å². The van der Waals surface area contributed by atoms with Gasteiger partial charge in [0.15, 0.2) is 0 Å². The highest BCUT2D eigenvalue weighted by Crippen LogP contribution is 2.20. The topological polar surface area (TPSA) is 50.9 Å². The van der Waals surface area contributed by atoms with Crippen LogP contribution in [0.3, 0.4) is 0 Å². The fraction of sp³-hybridized carbons (Fsp3) is 0.300. The first-order valence-corrected chi connectivity index (χ1v) is 4.93. The number of amides is 1. The van der Waals surface area contributed by atoms with Crippen LogP contribution in [0.15, 0.2) is 24.3 Å². The Bertz CT molecular complexity index is 365. The standard InChI is InChI=1S/C10H10ClNO3/c11-8-3-1-2-4-9(8)12-10(13)15-6-7-5-14-7/h1-4,7H,5-6H2,(H,12,13). The minimum atomic E-state index is -0.515. The van der Waals surface area contributed by atoms with Crippen LogP contribution < -0.4 is 5.32 Å². The summed E-state index contributed by atoms with van der Waals surface area (Å²) in [5, 5.41) is 3.03. The Hall–Kier alpha value is -1.26. The normalized spacial score (nSPS) is 18.3. The van der Waals surface area contributed by atoms with Crippen LogP contribution in [0.2, 0.25) is 5.02 Å². The number of hydrogen-bond donors (Lipinski definition) is 1. The number of hydrogen-bond acceptors (Lipinski definition) is 3. The number of halogens is 1. The molecule has 2 rings (SSSR count). The van der Waals surface area contributed by atoms with Crippen molar-refractivity contribution in [2.45, 2.75) is 6.10 Å². The number of benzene rings is 1. The second-order valence-corrected chi connectivity index (χ2v) is 3.57. The first-order chi connectivity index (χ1) is 7.25. The maximum Gasteiger partial charge on any atom is 0.411 e. The van der Waals surface area contributed by atoms with Crippen molar-refractivity contribution in [3.63, 3.8) is 0 Å². The molecular formula is C10H10ClNO3. The van der Waals surface area contributed by atoms with E-state index in [2.05, 4.69) is 5.32 Å². The molecule has 1 aliphatic rings. The van der Waals surface area contributed by atoms with E-state index >= 15 is 0 Å². The number of rotatable bonds is 3. The number of ether oxygens (including phenoxy) is 2. The zero-order valence-corrected chi connectivity index (χ0v) is 8.66. The lowest BCUT2D eigenvalue weighted by molar-refractivity contribution is 0.150. The van der Waals surface area contributed by atoms with Crippen LogP contribution >= 0.6 is 11.6 Å². The monoisotopic (exact) mass is 227 g/mol. The Morgan fingerprint density at radius 2 is 2.33 bits per heavy atom. The van der Waals surface area contributed by atoms with E-state index in [4.69, 9.17) is 21.1 Å². The lowest BCUT2D eigenvalue weighted by Gasteiger charge is -2.06. The maximum atomic E-state index is 11.2. The summed E-state index contributed by atoms with van der Waals surface area (Å²) in [7, 11) is 0. The van der Waals surface area contributed by atoms with Gasteiger partial charge in [0, 0.05) is 0 Å². The number of nitrogens with one attached hydrogen (secondary N) is 1. The molecular weight excluding hydrogens is 218 g/mol. The van der Waals surface area contributed by atoms with Gasteiger partial charge < -0.3 is 9.47 Å². The van der Waals surface area contributed by atoms with Gasteiger partial charge in [0.25, 0.3) is 0 Å².